The van der Waals surface area contributed by atoms with Crippen molar-refractivity contribution in [2.45, 2.75) is 30.6 Å². The van der Waals surface area contributed by atoms with Gasteiger partial charge in [0, 0.05) is 4.90 Å². The van der Waals surface area contributed by atoms with E-state index in [1.54, 1.807) is 24.3 Å². The summed E-state index contributed by atoms with van der Waals surface area (Å²) < 4.78 is 9.46. The highest BCUT2D eigenvalue weighted by molar-refractivity contribution is 7.94. The predicted molar refractivity (Wildman–Crippen MR) is 66.7 cm³/mol. The van der Waals surface area contributed by atoms with Crippen LogP contribution in [0.1, 0.15) is 36.0 Å². The fourth-order valence-corrected chi connectivity index (χ4v) is 2.51. The first-order valence-electron chi connectivity index (χ1n) is 6.20. The Labute approximate surface area is 115 Å². The fraction of sp³-hybridized carbons (Fsp3) is 0.462. The third-order valence-corrected chi connectivity index (χ3v) is 3.76. The molecule has 0 heterocycles. The first kappa shape index (κ1) is 14.3. The van der Waals surface area contributed by atoms with Crippen LogP contribution in [0.3, 0.4) is 0 Å². The van der Waals surface area contributed by atoms with E-state index in [1.165, 1.54) is 12.8 Å². The molecule has 2 rings (SSSR count). The molecule has 1 aromatic carbocycles. The Balaban J connectivity index is 1.81. The van der Waals surface area contributed by atoms with Crippen molar-refractivity contribution >= 4 is 18.0 Å². The van der Waals surface area contributed by atoms with Crippen LogP contribution in [0, 0.1) is 5.92 Å². The van der Waals surface area contributed by atoms with E-state index >= 15 is 0 Å². The van der Waals surface area contributed by atoms with Crippen LogP contribution in [0.25, 0.3) is 0 Å². The van der Waals surface area contributed by atoms with E-state index in [0.717, 1.165) is 24.9 Å². The fourth-order valence-electron chi connectivity index (χ4n) is 2.15. The van der Waals surface area contributed by atoms with Gasteiger partial charge in [-0.05, 0) is 43.0 Å². The SMILES string of the molecule is O=C(OCC1CCCC1)c1ccc(SOO[O-])cc1. The zero-order chi connectivity index (χ0) is 13.5. The van der Waals surface area contributed by atoms with Crippen LogP contribution >= 0.6 is 12.0 Å². The molecule has 6 heteroatoms. The molecule has 0 N–H and O–H groups in total. The van der Waals surface area contributed by atoms with Crippen LogP contribution < -0.4 is 5.26 Å². The van der Waals surface area contributed by atoms with Gasteiger partial charge in [-0.15, -0.1) is 0 Å². The van der Waals surface area contributed by atoms with Crippen LogP contribution in [0.2, 0.25) is 0 Å². The molecule has 104 valence electrons. The maximum Gasteiger partial charge on any atom is 0.338 e. The topological polar surface area (TPSA) is 67.8 Å². The van der Waals surface area contributed by atoms with Crippen LogP contribution in [0.4, 0.5) is 0 Å². The minimum Gasteiger partial charge on any atom is -0.691 e. The summed E-state index contributed by atoms with van der Waals surface area (Å²) in [5, 5.41) is 12.9. The molecule has 0 atom stereocenters. The van der Waals surface area contributed by atoms with Crippen LogP contribution in [-0.4, -0.2) is 12.6 Å². The van der Waals surface area contributed by atoms with Crippen molar-refractivity contribution in [1.29, 1.82) is 0 Å². The third-order valence-electron chi connectivity index (χ3n) is 3.17. The van der Waals surface area contributed by atoms with E-state index in [4.69, 9.17) is 4.74 Å². The molecule has 1 aliphatic carbocycles. The van der Waals surface area contributed by atoms with Crippen LogP contribution in [0.5, 0.6) is 0 Å². The van der Waals surface area contributed by atoms with Crippen LogP contribution in [0.15, 0.2) is 29.2 Å². The van der Waals surface area contributed by atoms with Gasteiger partial charge in [0.25, 0.3) is 0 Å². The summed E-state index contributed by atoms with van der Waals surface area (Å²) >= 11 is 0.788. The van der Waals surface area contributed by atoms with Crippen molar-refractivity contribution in [1.82, 2.24) is 0 Å². The number of carbonyl (C=O) groups is 1. The average molecular weight is 283 g/mol. The second-order valence-electron chi connectivity index (χ2n) is 4.49. The summed E-state index contributed by atoms with van der Waals surface area (Å²) in [5.74, 6) is 0.200. The van der Waals surface area contributed by atoms with Crippen LogP contribution in [-0.2, 0) is 14.1 Å². The molecule has 0 amide bonds. The van der Waals surface area contributed by atoms with Crippen molar-refractivity contribution in [2.24, 2.45) is 5.92 Å². The third kappa shape index (κ3) is 4.50. The molecule has 5 nitrogen and oxygen atoms in total. The van der Waals surface area contributed by atoms with Gasteiger partial charge in [0.1, 0.15) is 0 Å². The van der Waals surface area contributed by atoms with Crippen molar-refractivity contribution in [3.63, 3.8) is 0 Å². The summed E-state index contributed by atoms with van der Waals surface area (Å²) in [6.45, 7) is 0.502. The van der Waals surface area contributed by atoms with Crippen molar-refractivity contribution < 1.29 is 24.2 Å². The first-order valence-corrected chi connectivity index (χ1v) is 6.94. The largest absolute Gasteiger partial charge is 0.691 e. The highest BCUT2D eigenvalue weighted by Crippen LogP contribution is 2.25. The minimum absolute atomic E-state index is 0.315. The van der Waals surface area contributed by atoms with Gasteiger partial charge < -0.3 is 9.99 Å². The van der Waals surface area contributed by atoms with E-state index in [1.807, 2.05) is 0 Å². The average Bonchev–Trinajstić information content (AvgIpc) is 2.96. The molecule has 0 unspecified atom stereocenters. The Kier molecular flexibility index (Phi) is 5.65. The van der Waals surface area contributed by atoms with Crippen molar-refractivity contribution in [3.05, 3.63) is 29.8 Å². The minimum atomic E-state index is -0.315. The number of esters is 1. The number of hydrogen-bond donors (Lipinski definition) is 0. The molecule has 0 spiro atoms. The zero-order valence-electron chi connectivity index (χ0n) is 10.4. The molecule has 1 fully saturated rings. The predicted octanol–water partition coefficient (Wildman–Crippen LogP) is 2.26. The number of carbonyl (C=O) groups excluding carboxylic acids is 1. The summed E-state index contributed by atoms with van der Waals surface area (Å²) in [5.41, 5.74) is 0.491. The standard InChI is InChI=1S/C13H16O5S/c14-13(16-9-10-3-1-2-4-10)11-5-7-12(8-6-11)19-18-17-15/h5-8,10,15H,1-4,9H2/p-1. The van der Waals surface area contributed by atoms with E-state index in [9.17, 15) is 10.1 Å². The molecule has 19 heavy (non-hydrogen) atoms. The maximum atomic E-state index is 11.8. The molecule has 1 aromatic rings. The highest BCUT2D eigenvalue weighted by Gasteiger charge is 2.17. The Bertz CT molecular complexity index is 400. The van der Waals surface area contributed by atoms with Crippen molar-refractivity contribution in [2.75, 3.05) is 6.61 Å². The van der Waals surface area contributed by atoms with Gasteiger partial charge in [0.2, 0.25) is 0 Å². The second-order valence-corrected chi connectivity index (χ2v) is 5.27. The molecule has 0 saturated heterocycles. The first-order chi connectivity index (χ1) is 9.29. The monoisotopic (exact) mass is 283 g/mol. The lowest BCUT2D eigenvalue weighted by atomic mass is 10.1. The maximum absolute atomic E-state index is 11.8. The van der Waals surface area contributed by atoms with Gasteiger partial charge in [-0.25, -0.2) is 4.79 Å². The Hall–Kier alpha value is -1.08. The van der Waals surface area contributed by atoms with Gasteiger partial charge in [0.15, 0.2) is 0 Å². The normalized spacial score (nSPS) is 15.6. The smallest absolute Gasteiger partial charge is 0.338 e. The summed E-state index contributed by atoms with van der Waals surface area (Å²) in [7, 11) is 0. The quantitative estimate of drug-likeness (QED) is 0.345. The van der Waals surface area contributed by atoms with Crippen molar-refractivity contribution in [3.8, 4) is 0 Å². The van der Waals surface area contributed by atoms with Gasteiger partial charge in [-0.2, -0.15) is 4.33 Å². The molecule has 0 radical (unpaired) electrons. The van der Waals surface area contributed by atoms with E-state index in [0.29, 0.717) is 23.0 Å². The number of benzene rings is 1. The zero-order valence-corrected chi connectivity index (χ0v) is 11.2. The molecule has 0 aromatic heterocycles. The van der Waals surface area contributed by atoms with Gasteiger partial charge >= 0.3 is 5.97 Å². The van der Waals surface area contributed by atoms with Gasteiger partial charge in [-0.1, -0.05) is 12.8 Å². The van der Waals surface area contributed by atoms with Gasteiger partial charge in [-0.3, -0.25) is 5.04 Å². The molecule has 0 aliphatic heterocycles. The second kappa shape index (κ2) is 7.49. The summed E-state index contributed by atoms with van der Waals surface area (Å²) in [4.78, 5) is 12.5. The summed E-state index contributed by atoms with van der Waals surface area (Å²) in [6.07, 6.45) is 4.76. The van der Waals surface area contributed by atoms with E-state index < -0.39 is 0 Å². The molecule has 1 saturated carbocycles. The Morgan fingerprint density at radius 2 is 1.95 bits per heavy atom. The molecular formula is C13H15O5S-. The Morgan fingerprint density at radius 1 is 1.26 bits per heavy atom. The number of ether oxygens (including phenoxy) is 1. The lowest BCUT2D eigenvalue weighted by Crippen LogP contribution is -2.11. The molecule has 1 aliphatic rings. The van der Waals surface area contributed by atoms with Gasteiger partial charge in [0.05, 0.1) is 24.2 Å². The highest BCUT2D eigenvalue weighted by atomic mass is 32.2. The lowest BCUT2D eigenvalue weighted by molar-refractivity contribution is -0.777. The molecule has 0 bridgehead atoms. The number of hydrogen-bond acceptors (Lipinski definition) is 6. The molecular weight excluding hydrogens is 268 g/mol. The van der Waals surface area contributed by atoms with E-state index in [2.05, 4.69) is 9.37 Å². The number of rotatable bonds is 6. The lowest BCUT2D eigenvalue weighted by Gasteiger charge is -2.10. The van der Waals surface area contributed by atoms with E-state index in [-0.39, 0.29) is 5.97 Å². The summed E-state index contributed by atoms with van der Waals surface area (Å²) in [6, 6.07) is 6.59. The Morgan fingerprint density at radius 3 is 2.58 bits per heavy atom.